The van der Waals surface area contributed by atoms with Gasteiger partial charge in [0.05, 0.1) is 15.1 Å². The molecule has 2 aromatic carbocycles. The van der Waals surface area contributed by atoms with Gasteiger partial charge in [-0.25, -0.2) is 13.4 Å². The van der Waals surface area contributed by atoms with Crippen LogP contribution >= 0.6 is 23.1 Å². The van der Waals surface area contributed by atoms with Crippen molar-refractivity contribution in [3.8, 4) is 0 Å². The molecule has 0 saturated carbocycles. The largest absolute Gasteiger partial charge is 0.480 e. The molecule has 6 nitrogen and oxygen atoms in total. The van der Waals surface area contributed by atoms with Crippen LogP contribution in [0.4, 0.5) is 0 Å². The second-order valence-electron chi connectivity index (χ2n) is 7.91. The van der Waals surface area contributed by atoms with Crippen molar-refractivity contribution in [1.29, 1.82) is 0 Å². The summed E-state index contributed by atoms with van der Waals surface area (Å²) in [6.07, 6.45) is 6.75. The van der Waals surface area contributed by atoms with Gasteiger partial charge in [0.2, 0.25) is 10.0 Å². The zero-order valence-electron chi connectivity index (χ0n) is 18.7. The first-order valence-corrected chi connectivity index (χ1v) is 14.5. The number of hydrogen-bond acceptors (Lipinski definition) is 6. The van der Waals surface area contributed by atoms with E-state index in [-0.39, 0.29) is 11.3 Å². The normalized spacial score (nSPS) is 12.8. The first-order valence-electron chi connectivity index (χ1n) is 11.2. The number of aromatic nitrogens is 1. The summed E-state index contributed by atoms with van der Waals surface area (Å²) < 4.78 is 29.9. The van der Waals surface area contributed by atoms with Gasteiger partial charge in [-0.1, -0.05) is 74.7 Å². The van der Waals surface area contributed by atoms with E-state index in [0.717, 1.165) is 32.3 Å². The van der Waals surface area contributed by atoms with E-state index in [1.807, 2.05) is 30.3 Å². The molecule has 3 aromatic rings. The maximum absolute atomic E-state index is 12.9. The molecular formula is C24H30N2O4S3. The molecule has 0 saturated heterocycles. The van der Waals surface area contributed by atoms with Crippen LogP contribution in [0, 0.1) is 0 Å². The predicted octanol–water partition coefficient (Wildman–Crippen LogP) is 5.72. The van der Waals surface area contributed by atoms with Crippen LogP contribution in [-0.4, -0.2) is 36.3 Å². The van der Waals surface area contributed by atoms with E-state index in [2.05, 4.69) is 16.6 Å². The minimum Gasteiger partial charge on any atom is -0.480 e. The topological polar surface area (TPSA) is 96.4 Å². The molecule has 1 atom stereocenters. The highest BCUT2D eigenvalue weighted by Crippen LogP contribution is 2.31. The lowest BCUT2D eigenvalue weighted by atomic mass is 10.1. The van der Waals surface area contributed by atoms with Crippen molar-refractivity contribution in [1.82, 2.24) is 9.71 Å². The third-order valence-corrected chi connectivity index (χ3v) is 9.00. The van der Waals surface area contributed by atoms with Crippen molar-refractivity contribution in [2.45, 2.75) is 67.1 Å². The first kappa shape index (κ1) is 25.7. The second-order valence-corrected chi connectivity index (χ2v) is 12.0. The van der Waals surface area contributed by atoms with Gasteiger partial charge in [0, 0.05) is 5.75 Å². The third kappa shape index (κ3) is 7.81. The van der Waals surface area contributed by atoms with Crippen molar-refractivity contribution < 1.29 is 18.3 Å². The summed E-state index contributed by atoms with van der Waals surface area (Å²) in [5.74, 6) is -0.191. The number of fused-ring (bicyclic) bond motifs is 1. The van der Waals surface area contributed by atoms with Crippen LogP contribution < -0.4 is 4.72 Å². The summed E-state index contributed by atoms with van der Waals surface area (Å²) in [5, 5.41) is 9.55. The predicted molar refractivity (Wildman–Crippen MR) is 136 cm³/mol. The Morgan fingerprint density at radius 1 is 1.12 bits per heavy atom. The average Bonchev–Trinajstić information content (AvgIpc) is 3.21. The van der Waals surface area contributed by atoms with Gasteiger partial charge in [0.15, 0.2) is 4.34 Å². The minimum absolute atomic E-state index is 0.0562. The summed E-state index contributed by atoms with van der Waals surface area (Å²) in [6, 6.07) is 13.0. The highest BCUT2D eigenvalue weighted by molar-refractivity contribution is 8.01. The fourth-order valence-electron chi connectivity index (χ4n) is 3.42. The lowest BCUT2D eigenvalue weighted by Gasteiger charge is -2.15. The van der Waals surface area contributed by atoms with Gasteiger partial charge in [0.25, 0.3) is 0 Å². The summed E-state index contributed by atoms with van der Waals surface area (Å²) in [6.45, 7) is 2.20. The van der Waals surface area contributed by atoms with Gasteiger partial charge in [-0.3, -0.25) is 4.79 Å². The first-order chi connectivity index (χ1) is 15.9. The lowest BCUT2D eigenvalue weighted by molar-refractivity contribution is -0.139. The van der Waals surface area contributed by atoms with E-state index in [4.69, 9.17) is 0 Å². The van der Waals surface area contributed by atoms with Crippen LogP contribution in [0.2, 0.25) is 0 Å². The molecule has 3 rings (SSSR count). The average molecular weight is 507 g/mol. The van der Waals surface area contributed by atoms with Crippen LogP contribution in [0.1, 0.15) is 51.0 Å². The zero-order valence-corrected chi connectivity index (χ0v) is 21.1. The number of benzene rings is 2. The lowest BCUT2D eigenvalue weighted by Crippen LogP contribution is -2.41. The number of nitrogens with zero attached hydrogens (tertiary/aromatic N) is 1. The number of carboxylic acid groups (broad SMARTS) is 1. The number of thioether (sulfide) groups is 1. The van der Waals surface area contributed by atoms with Gasteiger partial charge in [-0.2, -0.15) is 4.72 Å². The molecule has 0 bridgehead atoms. The third-order valence-electron chi connectivity index (χ3n) is 5.28. The fourth-order valence-corrected chi connectivity index (χ4v) is 6.92. The Labute approximate surface area is 203 Å². The molecule has 0 amide bonds. The van der Waals surface area contributed by atoms with Crippen molar-refractivity contribution in [3.63, 3.8) is 0 Å². The highest BCUT2D eigenvalue weighted by atomic mass is 32.2. The van der Waals surface area contributed by atoms with E-state index in [9.17, 15) is 18.3 Å². The van der Waals surface area contributed by atoms with Gasteiger partial charge in [-0.05, 0) is 43.0 Å². The summed E-state index contributed by atoms with van der Waals surface area (Å²) in [4.78, 5) is 16.3. The number of aliphatic carboxylic acids is 1. The van der Waals surface area contributed by atoms with E-state index in [0.29, 0.717) is 6.42 Å². The molecule has 0 aliphatic heterocycles. The minimum atomic E-state index is -3.98. The number of thiazole rings is 1. The molecule has 0 aliphatic carbocycles. The summed E-state index contributed by atoms with van der Waals surface area (Å²) >= 11 is 3.17. The smallest absolute Gasteiger partial charge is 0.321 e. The molecule has 9 heteroatoms. The molecule has 0 fully saturated rings. The van der Waals surface area contributed by atoms with E-state index in [1.54, 1.807) is 23.9 Å². The van der Waals surface area contributed by atoms with E-state index >= 15 is 0 Å². The molecular weight excluding hydrogens is 476 g/mol. The number of unbranched alkanes of at least 4 members (excludes halogenated alkanes) is 4. The molecule has 178 valence electrons. The van der Waals surface area contributed by atoms with Gasteiger partial charge in [-0.15, -0.1) is 11.3 Å². The fraction of sp³-hybridized carbons (Fsp3) is 0.417. The Morgan fingerprint density at radius 2 is 1.88 bits per heavy atom. The Hall–Kier alpha value is -1.94. The number of sulfonamides is 1. The molecule has 33 heavy (non-hydrogen) atoms. The molecule has 1 aromatic heterocycles. The molecule has 2 N–H and O–H groups in total. The van der Waals surface area contributed by atoms with Crippen molar-refractivity contribution >= 4 is 49.3 Å². The molecule has 1 unspecified atom stereocenters. The molecule has 0 radical (unpaired) electrons. The van der Waals surface area contributed by atoms with Crippen LogP contribution in [0.25, 0.3) is 10.2 Å². The van der Waals surface area contributed by atoms with Crippen LogP contribution in [0.15, 0.2) is 57.8 Å². The van der Waals surface area contributed by atoms with Crippen LogP contribution in [0.3, 0.4) is 0 Å². The number of rotatable bonds is 14. The van der Waals surface area contributed by atoms with E-state index < -0.39 is 22.0 Å². The standard InChI is InChI=1S/C24H30N2O4S3/c1-2-3-4-5-9-16-31-24-25-20-15-13-19(17-22(20)32-24)33(29,30)26-21(23(27)28)14-12-18-10-7-6-8-11-18/h6-8,10-11,13,15,17,21,26H,2-5,9,12,14,16H2,1H3,(H,27,28). The van der Waals surface area contributed by atoms with Gasteiger partial charge >= 0.3 is 5.97 Å². The van der Waals surface area contributed by atoms with Crippen molar-refractivity contribution in [3.05, 3.63) is 54.1 Å². The van der Waals surface area contributed by atoms with Gasteiger partial charge < -0.3 is 5.11 Å². The Bertz CT molecular complexity index is 1150. The maximum atomic E-state index is 12.9. The Kier molecular flexibility index (Phi) is 9.73. The Morgan fingerprint density at radius 3 is 2.61 bits per heavy atom. The van der Waals surface area contributed by atoms with E-state index in [1.165, 1.54) is 43.1 Å². The zero-order chi connectivity index (χ0) is 23.7. The molecule has 1 heterocycles. The van der Waals surface area contributed by atoms with Crippen LogP contribution in [-0.2, 0) is 21.2 Å². The number of hydrogen-bond donors (Lipinski definition) is 2. The van der Waals surface area contributed by atoms with Crippen molar-refractivity contribution in [2.75, 3.05) is 5.75 Å². The molecule has 0 aliphatic rings. The van der Waals surface area contributed by atoms with Gasteiger partial charge in [0.1, 0.15) is 6.04 Å². The SMILES string of the molecule is CCCCCCCSc1nc2ccc(S(=O)(=O)NC(CCc3ccccc3)C(=O)O)cc2s1. The van der Waals surface area contributed by atoms with Crippen LogP contribution in [0.5, 0.6) is 0 Å². The monoisotopic (exact) mass is 506 g/mol. The Balaban J connectivity index is 1.64. The quantitative estimate of drug-likeness (QED) is 0.214. The maximum Gasteiger partial charge on any atom is 0.321 e. The number of aryl methyl sites for hydroxylation is 1. The number of carboxylic acids is 1. The number of carbonyl (C=O) groups is 1. The summed E-state index contributed by atoms with van der Waals surface area (Å²) in [7, 11) is -3.98. The summed E-state index contributed by atoms with van der Waals surface area (Å²) in [5.41, 5.74) is 1.72. The second kappa shape index (κ2) is 12.5. The number of nitrogens with one attached hydrogen (secondary N) is 1. The highest BCUT2D eigenvalue weighted by Gasteiger charge is 2.25. The molecule has 0 spiro atoms. The van der Waals surface area contributed by atoms with Crippen molar-refractivity contribution in [2.24, 2.45) is 0 Å².